The monoisotopic (exact) mass is 285 g/mol. The molecule has 5 heteroatoms. The SMILES string of the molecule is CC(C)N(C)CCNC1CCN(C(=O)OC(C)(C)C)C1. The standard InChI is InChI=1S/C15H31N3O2/c1-12(2)17(6)10-8-16-13-7-9-18(11-13)14(19)20-15(3,4)5/h12-13,16H,7-11H2,1-6H3. The van der Waals surface area contributed by atoms with E-state index in [-0.39, 0.29) is 6.09 Å². The summed E-state index contributed by atoms with van der Waals surface area (Å²) in [5, 5.41) is 3.52. The van der Waals surface area contributed by atoms with Crippen LogP contribution >= 0.6 is 0 Å². The fourth-order valence-corrected chi connectivity index (χ4v) is 2.12. The van der Waals surface area contributed by atoms with Crippen molar-refractivity contribution in [3.05, 3.63) is 0 Å². The number of amides is 1. The second-order valence-corrected chi connectivity index (χ2v) is 6.94. The summed E-state index contributed by atoms with van der Waals surface area (Å²) in [4.78, 5) is 16.1. The Hall–Kier alpha value is -0.810. The van der Waals surface area contributed by atoms with Gasteiger partial charge in [-0.1, -0.05) is 0 Å². The summed E-state index contributed by atoms with van der Waals surface area (Å²) in [5.74, 6) is 0. The van der Waals surface area contributed by atoms with Gasteiger partial charge in [-0.3, -0.25) is 0 Å². The van der Waals surface area contributed by atoms with E-state index in [9.17, 15) is 4.79 Å². The van der Waals surface area contributed by atoms with Crippen LogP contribution in [0.3, 0.4) is 0 Å². The summed E-state index contributed by atoms with van der Waals surface area (Å²) in [7, 11) is 2.13. The van der Waals surface area contributed by atoms with Gasteiger partial charge in [-0.05, 0) is 48.1 Å². The van der Waals surface area contributed by atoms with E-state index in [0.29, 0.717) is 12.1 Å². The second-order valence-electron chi connectivity index (χ2n) is 6.94. The summed E-state index contributed by atoms with van der Waals surface area (Å²) < 4.78 is 5.40. The number of hydrogen-bond donors (Lipinski definition) is 1. The molecule has 20 heavy (non-hydrogen) atoms. The lowest BCUT2D eigenvalue weighted by Gasteiger charge is -2.25. The zero-order valence-electron chi connectivity index (χ0n) is 13.9. The first-order valence-electron chi connectivity index (χ1n) is 7.60. The van der Waals surface area contributed by atoms with Crippen LogP contribution in [0.1, 0.15) is 41.0 Å². The number of hydrogen-bond acceptors (Lipinski definition) is 4. The number of nitrogens with zero attached hydrogens (tertiary/aromatic N) is 2. The van der Waals surface area contributed by atoms with Crippen LogP contribution < -0.4 is 5.32 Å². The molecule has 0 spiro atoms. The van der Waals surface area contributed by atoms with Gasteiger partial charge < -0.3 is 19.9 Å². The largest absolute Gasteiger partial charge is 0.444 e. The van der Waals surface area contributed by atoms with Gasteiger partial charge >= 0.3 is 6.09 Å². The summed E-state index contributed by atoms with van der Waals surface area (Å²) in [6.07, 6.45) is 0.811. The Morgan fingerprint density at radius 1 is 1.45 bits per heavy atom. The molecular weight excluding hydrogens is 254 g/mol. The Labute approximate surface area is 123 Å². The Morgan fingerprint density at radius 3 is 2.65 bits per heavy atom. The van der Waals surface area contributed by atoms with Crippen LogP contribution in [0.4, 0.5) is 4.79 Å². The predicted octanol–water partition coefficient (Wildman–Crippen LogP) is 1.93. The lowest BCUT2D eigenvalue weighted by molar-refractivity contribution is 0.0291. The molecule has 1 saturated heterocycles. The van der Waals surface area contributed by atoms with E-state index < -0.39 is 5.60 Å². The second kappa shape index (κ2) is 7.27. The molecule has 0 aromatic heterocycles. The van der Waals surface area contributed by atoms with Gasteiger partial charge in [0.15, 0.2) is 0 Å². The minimum absolute atomic E-state index is 0.193. The molecule has 1 heterocycles. The third kappa shape index (κ3) is 6.09. The molecule has 1 aliphatic rings. The van der Waals surface area contributed by atoms with Gasteiger partial charge in [0.2, 0.25) is 0 Å². The average molecular weight is 285 g/mol. The van der Waals surface area contributed by atoms with E-state index in [0.717, 1.165) is 32.6 Å². The summed E-state index contributed by atoms with van der Waals surface area (Å²) in [6, 6.07) is 0.960. The molecule has 0 aromatic carbocycles. The lowest BCUT2D eigenvalue weighted by atomic mass is 10.2. The Balaban J connectivity index is 2.25. The lowest BCUT2D eigenvalue weighted by Crippen LogP contribution is -2.41. The maximum atomic E-state index is 11.9. The van der Waals surface area contributed by atoms with Crippen molar-refractivity contribution in [3.8, 4) is 0 Å². The van der Waals surface area contributed by atoms with Crippen molar-refractivity contribution < 1.29 is 9.53 Å². The van der Waals surface area contributed by atoms with Crippen LogP contribution in [0.15, 0.2) is 0 Å². The van der Waals surface area contributed by atoms with Gasteiger partial charge in [0.1, 0.15) is 5.60 Å². The Bertz CT molecular complexity index is 313. The minimum atomic E-state index is -0.414. The van der Waals surface area contributed by atoms with Crippen LogP contribution in [-0.4, -0.2) is 66.8 Å². The number of likely N-dealkylation sites (tertiary alicyclic amines) is 1. The van der Waals surface area contributed by atoms with E-state index in [4.69, 9.17) is 4.74 Å². The molecule has 1 amide bonds. The molecule has 1 N–H and O–H groups in total. The van der Waals surface area contributed by atoms with Crippen LogP contribution in [0.25, 0.3) is 0 Å². The predicted molar refractivity (Wildman–Crippen MR) is 82.0 cm³/mol. The normalized spacial score (nSPS) is 20.0. The number of likely N-dealkylation sites (N-methyl/N-ethyl adjacent to an activating group) is 1. The molecule has 0 aromatic rings. The van der Waals surface area contributed by atoms with Crippen molar-refractivity contribution in [3.63, 3.8) is 0 Å². The maximum Gasteiger partial charge on any atom is 0.410 e. The van der Waals surface area contributed by atoms with E-state index in [1.54, 1.807) is 4.90 Å². The number of rotatable bonds is 5. The highest BCUT2D eigenvalue weighted by Crippen LogP contribution is 2.15. The molecule has 5 nitrogen and oxygen atoms in total. The quantitative estimate of drug-likeness (QED) is 0.838. The molecule has 0 aliphatic carbocycles. The summed E-state index contributed by atoms with van der Waals surface area (Å²) in [6.45, 7) is 13.6. The smallest absolute Gasteiger partial charge is 0.410 e. The molecule has 0 bridgehead atoms. The highest BCUT2D eigenvalue weighted by molar-refractivity contribution is 5.68. The molecular formula is C15H31N3O2. The van der Waals surface area contributed by atoms with Crippen molar-refractivity contribution in [2.75, 3.05) is 33.2 Å². The van der Waals surface area contributed by atoms with Crippen molar-refractivity contribution in [1.29, 1.82) is 0 Å². The van der Waals surface area contributed by atoms with Crippen molar-refractivity contribution in [2.24, 2.45) is 0 Å². The highest BCUT2D eigenvalue weighted by Gasteiger charge is 2.29. The number of nitrogens with one attached hydrogen (secondary N) is 1. The molecule has 1 fully saturated rings. The molecule has 1 aliphatic heterocycles. The zero-order chi connectivity index (χ0) is 15.3. The minimum Gasteiger partial charge on any atom is -0.444 e. The first-order valence-corrected chi connectivity index (χ1v) is 7.60. The molecule has 118 valence electrons. The summed E-state index contributed by atoms with van der Waals surface area (Å²) in [5.41, 5.74) is -0.414. The van der Waals surface area contributed by atoms with Gasteiger partial charge in [0.05, 0.1) is 0 Å². The van der Waals surface area contributed by atoms with Gasteiger partial charge in [-0.15, -0.1) is 0 Å². The third-order valence-electron chi connectivity index (χ3n) is 3.62. The van der Waals surface area contributed by atoms with Crippen molar-refractivity contribution in [2.45, 2.75) is 58.7 Å². The average Bonchev–Trinajstić information content (AvgIpc) is 2.75. The Kier molecular flexibility index (Phi) is 6.27. The fraction of sp³-hybridized carbons (Fsp3) is 0.933. The van der Waals surface area contributed by atoms with Gasteiger partial charge in [0.25, 0.3) is 0 Å². The van der Waals surface area contributed by atoms with Gasteiger partial charge in [-0.25, -0.2) is 4.79 Å². The van der Waals surface area contributed by atoms with E-state index in [2.05, 4.69) is 31.1 Å². The number of carbonyl (C=O) groups is 1. The first-order chi connectivity index (χ1) is 9.19. The molecule has 1 rings (SSSR count). The van der Waals surface area contributed by atoms with Crippen LogP contribution in [0.5, 0.6) is 0 Å². The number of ether oxygens (including phenoxy) is 1. The Morgan fingerprint density at radius 2 is 2.10 bits per heavy atom. The van der Waals surface area contributed by atoms with Gasteiger partial charge in [-0.2, -0.15) is 0 Å². The van der Waals surface area contributed by atoms with Gasteiger partial charge in [0, 0.05) is 38.3 Å². The first kappa shape index (κ1) is 17.2. The highest BCUT2D eigenvalue weighted by atomic mass is 16.6. The van der Waals surface area contributed by atoms with Crippen LogP contribution in [0, 0.1) is 0 Å². The molecule has 1 atom stereocenters. The topological polar surface area (TPSA) is 44.8 Å². The van der Waals surface area contributed by atoms with E-state index in [1.165, 1.54) is 0 Å². The molecule has 0 saturated carbocycles. The van der Waals surface area contributed by atoms with Crippen LogP contribution in [-0.2, 0) is 4.74 Å². The third-order valence-corrected chi connectivity index (χ3v) is 3.62. The fourth-order valence-electron chi connectivity index (χ4n) is 2.12. The molecule has 0 radical (unpaired) electrons. The molecule has 1 unspecified atom stereocenters. The maximum absolute atomic E-state index is 11.9. The van der Waals surface area contributed by atoms with E-state index >= 15 is 0 Å². The number of carbonyl (C=O) groups excluding carboxylic acids is 1. The van der Waals surface area contributed by atoms with Crippen molar-refractivity contribution >= 4 is 6.09 Å². The van der Waals surface area contributed by atoms with Crippen molar-refractivity contribution in [1.82, 2.24) is 15.1 Å². The zero-order valence-corrected chi connectivity index (χ0v) is 13.9. The van der Waals surface area contributed by atoms with E-state index in [1.807, 2.05) is 20.8 Å². The summed E-state index contributed by atoms with van der Waals surface area (Å²) >= 11 is 0. The van der Waals surface area contributed by atoms with Crippen LogP contribution in [0.2, 0.25) is 0 Å².